The molecule has 1 nitrogen and oxygen atoms in total. The van der Waals surface area contributed by atoms with E-state index in [9.17, 15) is 0 Å². The Labute approximate surface area is 52.4 Å². The fraction of sp³-hybridized carbons (Fsp3) is 1.00. The second-order valence-corrected chi connectivity index (χ2v) is 4.82. The monoisotopic (exact) mass is 166 g/mol. The van der Waals surface area contributed by atoms with Gasteiger partial charge in [0, 0.05) is 0 Å². The summed E-state index contributed by atoms with van der Waals surface area (Å²) < 4.78 is -1.46. The van der Waals surface area contributed by atoms with Crippen molar-refractivity contribution in [2.75, 3.05) is 0 Å². The molecule has 0 saturated carbocycles. The fourth-order valence-electron chi connectivity index (χ4n) is 0. The van der Waals surface area contributed by atoms with Gasteiger partial charge in [-0.15, -0.1) is 0 Å². The SMILES string of the molecule is OPC(Cl)(Cl)Cl. The van der Waals surface area contributed by atoms with Crippen LogP contribution in [0.25, 0.3) is 0 Å². The van der Waals surface area contributed by atoms with Gasteiger partial charge in [-0.1, -0.05) is 34.8 Å². The van der Waals surface area contributed by atoms with Crippen LogP contribution in [0.1, 0.15) is 0 Å². The summed E-state index contributed by atoms with van der Waals surface area (Å²) in [5, 5.41) is 0. The van der Waals surface area contributed by atoms with Gasteiger partial charge in [0.15, 0.2) is 0 Å². The zero-order valence-corrected chi connectivity index (χ0v) is 5.85. The van der Waals surface area contributed by atoms with E-state index in [0.717, 1.165) is 0 Å². The molecular weight excluding hydrogens is 165 g/mol. The first-order chi connectivity index (χ1) is 2.56. The largest absolute Gasteiger partial charge is 0.373 e. The smallest absolute Gasteiger partial charge is 0.230 e. The summed E-state index contributed by atoms with van der Waals surface area (Å²) in [6.07, 6.45) is 0. The van der Waals surface area contributed by atoms with Crippen LogP contribution in [0.5, 0.6) is 0 Å². The highest BCUT2D eigenvalue weighted by Crippen LogP contribution is 2.40. The third kappa shape index (κ3) is 5.26. The van der Waals surface area contributed by atoms with Crippen LogP contribution in [0.2, 0.25) is 0 Å². The maximum Gasteiger partial charge on any atom is 0.230 e. The van der Waals surface area contributed by atoms with Gasteiger partial charge in [-0.3, -0.25) is 0 Å². The predicted molar refractivity (Wildman–Crippen MR) is 30.8 cm³/mol. The summed E-state index contributed by atoms with van der Waals surface area (Å²) in [4.78, 5) is 8.03. The van der Waals surface area contributed by atoms with Gasteiger partial charge in [-0.25, -0.2) is 0 Å². The highest BCUT2D eigenvalue weighted by molar-refractivity contribution is 7.43. The third-order valence-corrected chi connectivity index (χ3v) is 1.14. The normalized spacial score (nSPS) is 14.0. The van der Waals surface area contributed by atoms with Crippen LogP contribution in [-0.4, -0.2) is 8.43 Å². The van der Waals surface area contributed by atoms with Crippen LogP contribution in [0.15, 0.2) is 0 Å². The van der Waals surface area contributed by atoms with Gasteiger partial charge in [0.05, 0.1) is 8.81 Å². The molecule has 0 fully saturated rings. The quantitative estimate of drug-likeness (QED) is 0.431. The van der Waals surface area contributed by atoms with E-state index in [4.69, 9.17) is 39.7 Å². The van der Waals surface area contributed by atoms with E-state index < -0.39 is 12.3 Å². The number of hydrogen-bond acceptors (Lipinski definition) is 1. The Morgan fingerprint density at radius 1 is 1.33 bits per heavy atom. The van der Waals surface area contributed by atoms with E-state index in [1.165, 1.54) is 0 Å². The molecule has 0 aliphatic rings. The van der Waals surface area contributed by atoms with E-state index in [1.807, 2.05) is 0 Å². The Morgan fingerprint density at radius 2 is 1.50 bits per heavy atom. The summed E-state index contributed by atoms with van der Waals surface area (Å²) in [6.45, 7) is 0. The van der Waals surface area contributed by atoms with Gasteiger partial charge in [0.2, 0.25) is 3.53 Å². The maximum absolute atomic E-state index is 8.03. The second-order valence-electron chi connectivity index (χ2n) is 0.610. The van der Waals surface area contributed by atoms with Crippen LogP contribution in [0.4, 0.5) is 0 Å². The first-order valence-electron chi connectivity index (χ1n) is 1.04. The Hall–Kier alpha value is 1.26. The minimum absolute atomic E-state index is 0.637. The molecule has 0 radical (unpaired) electrons. The molecule has 1 N–H and O–H groups in total. The molecule has 1 atom stereocenters. The van der Waals surface area contributed by atoms with Gasteiger partial charge < -0.3 is 4.89 Å². The number of halogens is 3. The lowest BCUT2D eigenvalue weighted by Gasteiger charge is -2.01. The summed E-state index contributed by atoms with van der Waals surface area (Å²) in [6, 6.07) is 0. The number of rotatable bonds is 0. The van der Waals surface area contributed by atoms with Crippen LogP contribution >= 0.6 is 43.6 Å². The first kappa shape index (κ1) is 7.26. The highest BCUT2D eigenvalue weighted by atomic mass is 35.6. The predicted octanol–water partition coefficient (Wildman–Crippen LogP) is 1.90. The van der Waals surface area contributed by atoms with Crippen LogP contribution in [0, 0.1) is 0 Å². The summed E-state index contributed by atoms with van der Waals surface area (Å²) in [5.41, 5.74) is 0. The first-order valence-corrected chi connectivity index (χ1v) is 3.12. The van der Waals surface area contributed by atoms with Crippen molar-refractivity contribution in [1.29, 1.82) is 0 Å². The van der Waals surface area contributed by atoms with Crippen LogP contribution in [-0.2, 0) is 0 Å². The molecule has 0 aromatic heterocycles. The van der Waals surface area contributed by atoms with Gasteiger partial charge in [0.25, 0.3) is 0 Å². The minimum atomic E-state index is -1.46. The Kier molecular flexibility index (Phi) is 3.07. The lowest BCUT2D eigenvalue weighted by Crippen LogP contribution is -1.86. The fourth-order valence-corrected chi connectivity index (χ4v) is 0. The van der Waals surface area contributed by atoms with Crippen molar-refractivity contribution in [3.63, 3.8) is 0 Å². The van der Waals surface area contributed by atoms with Crippen molar-refractivity contribution in [2.45, 2.75) is 3.53 Å². The standard InChI is InChI=1S/CH2Cl3OP/c2-1(3,4)6-5/h5-6H. The Bertz CT molecular complexity index is 40.5. The van der Waals surface area contributed by atoms with Crippen molar-refractivity contribution in [3.05, 3.63) is 0 Å². The van der Waals surface area contributed by atoms with Crippen molar-refractivity contribution in [2.24, 2.45) is 0 Å². The van der Waals surface area contributed by atoms with E-state index in [2.05, 4.69) is 0 Å². The molecule has 0 aromatic rings. The molecule has 0 aliphatic carbocycles. The van der Waals surface area contributed by atoms with Crippen molar-refractivity contribution < 1.29 is 4.89 Å². The third-order valence-electron chi connectivity index (χ3n) is 0.127. The molecule has 0 heterocycles. The minimum Gasteiger partial charge on any atom is -0.373 e. The second kappa shape index (κ2) is 2.54. The molecule has 1 unspecified atom stereocenters. The lowest BCUT2D eigenvalue weighted by atomic mass is 11.8. The molecule has 0 rings (SSSR count). The molecule has 5 heteroatoms. The van der Waals surface area contributed by atoms with E-state index in [1.54, 1.807) is 0 Å². The van der Waals surface area contributed by atoms with Gasteiger partial charge >= 0.3 is 0 Å². The zero-order valence-electron chi connectivity index (χ0n) is 2.58. The molecule has 6 heavy (non-hydrogen) atoms. The Balaban J connectivity index is 3.17. The molecule has 0 spiro atoms. The highest BCUT2D eigenvalue weighted by Gasteiger charge is 2.16. The van der Waals surface area contributed by atoms with E-state index in [-0.39, 0.29) is 0 Å². The van der Waals surface area contributed by atoms with Crippen LogP contribution in [0.3, 0.4) is 0 Å². The zero-order chi connectivity index (χ0) is 5.21. The van der Waals surface area contributed by atoms with Gasteiger partial charge in [-0.2, -0.15) is 0 Å². The van der Waals surface area contributed by atoms with Crippen molar-refractivity contribution >= 4 is 43.6 Å². The molecule has 0 amide bonds. The van der Waals surface area contributed by atoms with Crippen LogP contribution < -0.4 is 0 Å². The molecule has 0 bridgehead atoms. The summed E-state index contributed by atoms with van der Waals surface area (Å²) >= 11 is 15.0. The summed E-state index contributed by atoms with van der Waals surface area (Å²) in [5.74, 6) is 0. The van der Waals surface area contributed by atoms with Crippen molar-refractivity contribution in [3.8, 4) is 0 Å². The van der Waals surface area contributed by atoms with E-state index in [0.29, 0.717) is 0 Å². The maximum atomic E-state index is 8.03. The molecule has 0 aliphatic heterocycles. The topological polar surface area (TPSA) is 20.2 Å². The lowest BCUT2D eigenvalue weighted by molar-refractivity contribution is 0.646. The molecule has 38 valence electrons. The Morgan fingerprint density at radius 3 is 1.50 bits per heavy atom. The number of hydrogen-bond donors (Lipinski definition) is 1. The molecule has 0 aromatic carbocycles. The van der Waals surface area contributed by atoms with Gasteiger partial charge in [-0.05, 0) is 0 Å². The average molecular weight is 167 g/mol. The molecular formula is CH2Cl3OP. The molecule has 0 saturated heterocycles. The summed E-state index contributed by atoms with van der Waals surface area (Å²) in [7, 11) is -0.637. The number of alkyl halides is 3. The van der Waals surface area contributed by atoms with Crippen molar-refractivity contribution in [1.82, 2.24) is 0 Å². The van der Waals surface area contributed by atoms with E-state index >= 15 is 0 Å². The van der Waals surface area contributed by atoms with Gasteiger partial charge in [0.1, 0.15) is 0 Å². The average Bonchev–Trinajstić information content (AvgIpc) is 1.35.